The summed E-state index contributed by atoms with van der Waals surface area (Å²) in [4.78, 5) is 0. The molecule has 0 unspecified atom stereocenters. The van der Waals surface area contributed by atoms with Crippen LogP contribution in [-0.2, 0) is 0 Å². The fraction of sp³-hybridized carbons (Fsp3) is 0.143. The molecule has 0 aromatic rings. The van der Waals surface area contributed by atoms with E-state index < -0.39 is 5.83 Å². The summed E-state index contributed by atoms with van der Waals surface area (Å²) in [7, 11) is 0. The standard InChI is InChI=1S/C7H8BrF/c1-5(2)7(8)4-6(3)9/h4H,1,3H2,2H3/b7-4+. The van der Waals surface area contributed by atoms with E-state index in [4.69, 9.17) is 0 Å². The molecule has 0 rings (SSSR count). The normalized spacial score (nSPS) is 11.2. The van der Waals surface area contributed by atoms with Gasteiger partial charge in [0.15, 0.2) is 0 Å². The van der Waals surface area contributed by atoms with Gasteiger partial charge in [0.1, 0.15) is 5.83 Å². The predicted octanol–water partition coefficient (Wildman–Crippen LogP) is 3.32. The number of hydrogen-bond acceptors (Lipinski definition) is 0. The lowest BCUT2D eigenvalue weighted by atomic mass is 10.3. The van der Waals surface area contributed by atoms with E-state index in [2.05, 4.69) is 29.1 Å². The van der Waals surface area contributed by atoms with Crippen LogP contribution < -0.4 is 0 Å². The largest absolute Gasteiger partial charge is 0.208 e. The van der Waals surface area contributed by atoms with Gasteiger partial charge in [-0.2, -0.15) is 0 Å². The highest BCUT2D eigenvalue weighted by atomic mass is 79.9. The Morgan fingerprint density at radius 2 is 2.00 bits per heavy atom. The second kappa shape index (κ2) is 3.62. The highest BCUT2D eigenvalue weighted by Crippen LogP contribution is 2.16. The minimum atomic E-state index is -0.468. The molecule has 0 aromatic heterocycles. The van der Waals surface area contributed by atoms with Gasteiger partial charge in [-0.05, 0) is 18.6 Å². The van der Waals surface area contributed by atoms with Crippen LogP contribution in [0.3, 0.4) is 0 Å². The fourth-order valence-electron chi connectivity index (χ4n) is 0.261. The lowest BCUT2D eigenvalue weighted by molar-refractivity contribution is 0.671. The van der Waals surface area contributed by atoms with Gasteiger partial charge in [0.25, 0.3) is 0 Å². The molecule has 2 heteroatoms. The van der Waals surface area contributed by atoms with Gasteiger partial charge in [-0.15, -0.1) is 0 Å². The number of rotatable bonds is 2. The summed E-state index contributed by atoms with van der Waals surface area (Å²) in [5.74, 6) is -0.468. The van der Waals surface area contributed by atoms with Crippen molar-refractivity contribution in [3.8, 4) is 0 Å². The number of halogens is 2. The zero-order valence-corrected chi connectivity index (χ0v) is 6.83. The van der Waals surface area contributed by atoms with Crippen molar-refractivity contribution in [2.75, 3.05) is 0 Å². The summed E-state index contributed by atoms with van der Waals surface area (Å²) >= 11 is 3.10. The first kappa shape index (κ1) is 8.63. The van der Waals surface area contributed by atoms with E-state index in [0.717, 1.165) is 5.57 Å². The molecule has 0 fully saturated rings. The molecule has 0 nitrogen and oxygen atoms in total. The molecule has 0 amide bonds. The van der Waals surface area contributed by atoms with Crippen LogP contribution in [0.25, 0.3) is 0 Å². The van der Waals surface area contributed by atoms with E-state index in [9.17, 15) is 4.39 Å². The molecule has 0 N–H and O–H groups in total. The van der Waals surface area contributed by atoms with Gasteiger partial charge in [0, 0.05) is 4.48 Å². The van der Waals surface area contributed by atoms with E-state index in [1.807, 2.05) is 0 Å². The van der Waals surface area contributed by atoms with Crippen molar-refractivity contribution in [2.45, 2.75) is 6.92 Å². The van der Waals surface area contributed by atoms with Crippen molar-refractivity contribution in [3.05, 3.63) is 35.1 Å². The van der Waals surface area contributed by atoms with Crippen LogP contribution in [0.1, 0.15) is 6.92 Å². The minimum absolute atomic E-state index is 0.468. The van der Waals surface area contributed by atoms with Gasteiger partial charge in [-0.25, -0.2) is 4.39 Å². The first-order valence-corrected chi connectivity index (χ1v) is 3.21. The molecule has 0 spiro atoms. The van der Waals surface area contributed by atoms with Gasteiger partial charge in [-0.3, -0.25) is 0 Å². The Labute approximate surface area is 62.9 Å². The molecular weight excluding hydrogens is 183 g/mol. The van der Waals surface area contributed by atoms with Crippen LogP contribution >= 0.6 is 15.9 Å². The van der Waals surface area contributed by atoms with Crippen LogP contribution in [0.2, 0.25) is 0 Å². The van der Waals surface area contributed by atoms with Gasteiger partial charge in [0.2, 0.25) is 0 Å². The third kappa shape index (κ3) is 4.15. The summed E-state index contributed by atoms with van der Waals surface area (Å²) in [6.07, 6.45) is 1.28. The van der Waals surface area contributed by atoms with Crippen molar-refractivity contribution in [1.82, 2.24) is 0 Å². The van der Waals surface area contributed by atoms with Crippen LogP contribution in [0, 0.1) is 0 Å². The minimum Gasteiger partial charge on any atom is -0.208 e. The van der Waals surface area contributed by atoms with E-state index in [0.29, 0.717) is 4.48 Å². The molecular formula is C7H8BrF. The Hall–Kier alpha value is -0.370. The van der Waals surface area contributed by atoms with Crippen LogP contribution in [0.15, 0.2) is 35.1 Å². The zero-order valence-electron chi connectivity index (χ0n) is 5.25. The molecule has 0 aliphatic rings. The maximum Gasteiger partial charge on any atom is 0.117 e. The lowest BCUT2D eigenvalue weighted by Gasteiger charge is -1.92. The van der Waals surface area contributed by atoms with E-state index in [-0.39, 0.29) is 0 Å². The third-order valence-electron chi connectivity index (χ3n) is 0.691. The molecule has 0 aliphatic heterocycles. The Morgan fingerprint density at radius 3 is 2.11 bits per heavy atom. The second-order valence-electron chi connectivity index (χ2n) is 1.72. The Morgan fingerprint density at radius 1 is 1.56 bits per heavy atom. The van der Waals surface area contributed by atoms with Gasteiger partial charge in [-0.1, -0.05) is 29.1 Å². The van der Waals surface area contributed by atoms with Crippen LogP contribution in [-0.4, -0.2) is 0 Å². The summed E-state index contributed by atoms with van der Waals surface area (Å²) in [6.45, 7) is 8.43. The number of allylic oxidation sites excluding steroid dienone is 4. The molecule has 0 heterocycles. The van der Waals surface area contributed by atoms with Crippen molar-refractivity contribution < 1.29 is 4.39 Å². The molecule has 9 heavy (non-hydrogen) atoms. The highest BCUT2D eigenvalue weighted by Gasteiger charge is 1.91. The molecule has 0 saturated carbocycles. The molecule has 50 valence electrons. The Balaban J connectivity index is 4.17. The Kier molecular flexibility index (Phi) is 3.47. The maximum atomic E-state index is 12.0. The maximum absolute atomic E-state index is 12.0. The summed E-state index contributed by atoms with van der Waals surface area (Å²) in [5, 5.41) is 0. The highest BCUT2D eigenvalue weighted by molar-refractivity contribution is 9.12. The fourth-order valence-corrected chi connectivity index (χ4v) is 0.509. The van der Waals surface area contributed by atoms with Gasteiger partial charge >= 0.3 is 0 Å². The summed E-state index contributed by atoms with van der Waals surface area (Å²) in [5.41, 5.74) is 0.786. The zero-order chi connectivity index (χ0) is 7.44. The smallest absolute Gasteiger partial charge is 0.117 e. The molecule has 0 saturated heterocycles. The van der Waals surface area contributed by atoms with Crippen molar-refractivity contribution in [1.29, 1.82) is 0 Å². The van der Waals surface area contributed by atoms with Crippen LogP contribution in [0.5, 0.6) is 0 Å². The third-order valence-corrected chi connectivity index (χ3v) is 1.60. The summed E-state index contributed by atoms with van der Waals surface area (Å²) < 4.78 is 12.6. The lowest BCUT2D eigenvalue weighted by Crippen LogP contribution is -1.70. The second-order valence-corrected chi connectivity index (χ2v) is 2.57. The van der Waals surface area contributed by atoms with Crippen molar-refractivity contribution in [2.24, 2.45) is 0 Å². The van der Waals surface area contributed by atoms with E-state index in [1.165, 1.54) is 6.08 Å². The van der Waals surface area contributed by atoms with E-state index in [1.54, 1.807) is 6.92 Å². The SMILES string of the molecule is C=C(F)/C=C(/Br)C(=C)C. The first-order chi connectivity index (χ1) is 4.04. The Bertz CT molecular complexity index is 168. The quantitative estimate of drug-likeness (QED) is 0.587. The van der Waals surface area contributed by atoms with E-state index >= 15 is 0 Å². The molecule has 0 aromatic carbocycles. The monoisotopic (exact) mass is 190 g/mol. The first-order valence-electron chi connectivity index (χ1n) is 2.41. The molecule has 0 radical (unpaired) electrons. The van der Waals surface area contributed by atoms with Gasteiger partial charge in [0.05, 0.1) is 0 Å². The van der Waals surface area contributed by atoms with Gasteiger partial charge < -0.3 is 0 Å². The van der Waals surface area contributed by atoms with Crippen molar-refractivity contribution in [3.63, 3.8) is 0 Å². The van der Waals surface area contributed by atoms with Crippen molar-refractivity contribution >= 4 is 15.9 Å². The molecule has 0 aliphatic carbocycles. The number of hydrogen-bond donors (Lipinski definition) is 0. The average molecular weight is 191 g/mol. The topological polar surface area (TPSA) is 0 Å². The average Bonchev–Trinajstić information content (AvgIpc) is 1.63. The molecule has 0 bridgehead atoms. The summed E-state index contributed by atoms with van der Waals surface area (Å²) in [6, 6.07) is 0. The van der Waals surface area contributed by atoms with Crippen LogP contribution in [0.4, 0.5) is 4.39 Å². The predicted molar refractivity (Wildman–Crippen MR) is 42.1 cm³/mol. The molecule has 0 atom stereocenters.